The van der Waals surface area contributed by atoms with Gasteiger partial charge in [-0.05, 0) is 48.9 Å². The van der Waals surface area contributed by atoms with Crippen LogP contribution in [0.2, 0.25) is 0 Å². The van der Waals surface area contributed by atoms with Crippen molar-refractivity contribution < 1.29 is 22.4 Å². The Balaban J connectivity index is 1.82. The zero-order valence-corrected chi connectivity index (χ0v) is 14.1. The van der Waals surface area contributed by atoms with E-state index in [0.29, 0.717) is 28.8 Å². The van der Waals surface area contributed by atoms with Crippen LogP contribution in [0.1, 0.15) is 31.7 Å². The molecule has 4 nitrogen and oxygen atoms in total. The van der Waals surface area contributed by atoms with Crippen LogP contribution < -0.4 is 5.32 Å². The lowest BCUT2D eigenvalue weighted by Gasteiger charge is -2.05. The molecule has 0 fully saturated rings. The highest BCUT2D eigenvalue weighted by molar-refractivity contribution is 5.93. The minimum absolute atomic E-state index is 0.0716. The van der Waals surface area contributed by atoms with Crippen molar-refractivity contribution in [1.29, 1.82) is 0 Å². The van der Waals surface area contributed by atoms with E-state index >= 15 is 0 Å². The van der Waals surface area contributed by atoms with E-state index in [9.17, 15) is 18.0 Å². The third kappa shape index (κ3) is 4.04. The maximum atomic E-state index is 12.6. The number of oxazole rings is 1. The first-order chi connectivity index (χ1) is 12.4. The van der Waals surface area contributed by atoms with Crippen LogP contribution in [0.4, 0.5) is 18.9 Å². The number of halogens is 3. The fourth-order valence-corrected chi connectivity index (χ4v) is 2.49. The van der Waals surface area contributed by atoms with E-state index in [1.54, 1.807) is 18.2 Å². The zero-order valence-electron chi connectivity index (χ0n) is 14.1. The minimum atomic E-state index is -4.38. The van der Waals surface area contributed by atoms with Crippen molar-refractivity contribution in [2.45, 2.75) is 32.4 Å². The molecule has 0 aliphatic rings. The van der Waals surface area contributed by atoms with Crippen LogP contribution in [0.3, 0.4) is 0 Å². The quantitative estimate of drug-likeness (QED) is 0.639. The Hall–Kier alpha value is -2.83. The number of unbranched alkanes of at least 4 members (excludes halogenated alkanes) is 1. The molecule has 3 rings (SSSR count). The van der Waals surface area contributed by atoms with Crippen LogP contribution >= 0.6 is 0 Å². The molecule has 7 heteroatoms. The third-order valence-corrected chi connectivity index (χ3v) is 3.89. The number of rotatable bonds is 5. The predicted octanol–water partition coefficient (Wildman–Crippen LogP) is 5.64. The van der Waals surface area contributed by atoms with Crippen LogP contribution in [0.25, 0.3) is 22.6 Å². The van der Waals surface area contributed by atoms with Crippen LogP contribution in [-0.2, 0) is 11.0 Å². The van der Waals surface area contributed by atoms with Crippen LogP contribution in [0.15, 0.2) is 46.9 Å². The number of nitrogens with zero attached hydrogens (tertiary/aromatic N) is 1. The van der Waals surface area contributed by atoms with E-state index in [-0.39, 0.29) is 11.8 Å². The van der Waals surface area contributed by atoms with E-state index in [2.05, 4.69) is 10.3 Å². The maximum Gasteiger partial charge on any atom is 0.416 e. The summed E-state index contributed by atoms with van der Waals surface area (Å²) < 4.78 is 43.5. The van der Waals surface area contributed by atoms with Crippen molar-refractivity contribution in [3.8, 4) is 11.5 Å². The Morgan fingerprint density at radius 1 is 1.15 bits per heavy atom. The molecule has 1 N–H and O–H groups in total. The van der Waals surface area contributed by atoms with Crippen molar-refractivity contribution in [3.63, 3.8) is 0 Å². The number of carbonyl (C=O) groups excluding carboxylic acids is 1. The number of hydrogen-bond donors (Lipinski definition) is 1. The molecule has 2 aromatic carbocycles. The molecule has 0 saturated heterocycles. The summed E-state index contributed by atoms with van der Waals surface area (Å²) in [7, 11) is 0. The molecule has 1 amide bonds. The van der Waals surface area contributed by atoms with E-state index in [0.717, 1.165) is 25.0 Å². The molecule has 0 bridgehead atoms. The smallest absolute Gasteiger partial charge is 0.416 e. The van der Waals surface area contributed by atoms with E-state index in [1.807, 2.05) is 6.92 Å². The van der Waals surface area contributed by atoms with Gasteiger partial charge in [0.05, 0.1) is 5.56 Å². The van der Waals surface area contributed by atoms with Gasteiger partial charge in [-0.1, -0.05) is 13.3 Å². The van der Waals surface area contributed by atoms with Crippen molar-refractivity contribution in [2.75, 3.05) is 5.32 Å². The lowest BCUT2D eigenvalue weighted by Crippen LogP contribution is -2.10. The summed E-state index contributed by atoms with van der Waals surface area (Å²) in [6.07, 6.45) is -2.18. The van der Waals surface area contributed by atoms with Gasteiger partial charge in [0.2, 0.25) is 11.8 Å². The van der Waals surface area contributed by atoms with Gasteiger partial charge in [-0.2, -0.15) is 13.2 Å². The lowest BCUT2D eigenvalue weighted by molar-refractivity contribution is -0.137. The molecule has 0 aliphatic carbocycles. The number of carbonyl (C=O) groups is 1. The second-order valence-electron chi connectivity index (χ2n) is 5.93. The number of nitrogens with one attached hydrogen (secondary N) is 1. The molecule has 0 aliphatic heterocycles. The van der Waals surface area contributed by atoms with Crippen molar-refractivity contribution in [2.24, 2.45) is 0 Å². The van der Waals surface area contributed by atoms with E-state index in [1.165, 1.54) is 12.1 Å². The summed E-state index contributed by atoms with van der Waals surface area (Å²) in [4.78, 5) is 16.1. The predicted molar refractivity (Wildman–Crippen MR) is 92.6 cm³/mol. The number of anilines is 1. The molecule has 0 radical (unpaired) electrons. The molecule has 0 unspecified atom stereocenters. The molecule has 0 spiro atoms. The Bertz CT molecular complexity index is 915. The molecule has 26 heavy (non-hydrogen) atoms. The molecule has 0 saturated carbocycles. The number of alkyl halides is 3. The Morgan fingerprint density at radius 2 is 1.88 bits per heavy atom. The molecule has 1 aromatic heterocycles. The molecule has 0 atom stereocenters. The Morgan fingerprint density at radius 3 is 2.54 bits per heavy atom. The molecular formula is C19H17F3N2O2. The van der Waals surface area contributed by atoms with E-state index < -0.39 is 11.7 Å². The average Bonchev–Trinajstić information content (AvgIpc) is 3.02. The van der Waals surface area contributed by atoms with Crippen LogP contribution in [0.5, 0.6) is 0 Å². The number of fused-ring (bicyclic) bond motifs is 1. The number of amides is 1. The topological polar surface area (TPSA) is 55.1 Å². The first-order valence-electron chi connectivity index (χ1n) is 8.25. The van der Waals surface area contributed by atoms with Gasteiger partial charge in [0.25, 0.3) is 0 Å². The summed E-state index contributed by atoms with van der Waals surface area (Å²) >= 11 is 0. The van der Waals surface area contributed by atoms with Gasteiger partial charge in [-0.3, -0.25) is 4.79 Å². The fraction of sp³-hybridized carbons (Fsp3) is 0.263. The standard InChI is InChI=1S/C19H17F3N2O2/c1-2-3-4-17(25)23-14-9-10-16-15(11-14)24-18(26-16)12-5-7-13(8-6-12)19(20,21)22/h5-11H,2-4H2,1H3,(H,23,25). The van der Waals surface area contributed by atoms with E-state index in [4.69, 9.17) is 4.42 Å². The average molecular weight is 362 g/mol. The maximum absolute atomic E-state index is 12.6. The normalized spacial score (nSPS) is 11.7. The minimum Gasteiger partial charge on any atom is -0.436 e. The second-order valence-corrected chi connectivity index (χ2v) is 5.93. The number of aromatic nitrogens is 1. The lowest BCUT2D eigenvalue weighted by atomic mass is 10.1. The number of benzene rings is 2. The first-order valence-corrected chi connectivity index (χ1v) is 8.25. The van der Waals surface area contributed by atoms with Gasteiger partial charge in [0.15, 0.2) is 5.58 Å². The highest BCUT2D eigenvalue weighted by atomic mass is 19.4. The molecule has 1 heterocycles. The monoisotopic (exact) mass is 362 g/mol. The highest BCUT2D eigenvalue weighted by Crippen LogP contribution is 2.32. The van der Waals surface area contributed by atoms with Crippen molar-refractivity contribution in [1.82, 2.24) is 4.98 Å². The Labute approximate surface area is 148 Å². The van der Waals surface area contributed by atoms with Gasteiger partial charge in [0.1, 0.15) is 5.52 Å². The van der Waals surface area contributed by atoms with Crippen molar-refractivity contribution in [3.05, 3.63) is 48.0 Å². The largest absolute Gasteiger partial charge is 0.436 e. The highest BCUT2D eigenvalue weighted by Gasteiger charge is 2.30. The Kier molecular flexibility index (Phi) is 4.97. The summed E-state index contributed by atoms with van der Waals surface area (Å²) in [6, 6.07) is 9.67. The fourth-order valence-electron chi connectivity index (χ4n) is 2.49. The molecular weight excluding hydrogens is 345 g/mol. The summed E-state index contributed by atoms with van der Waals surface area (Å²) in [5.74, 6) is 0.154. The molecule has 3 aromatic rings. The number of hydrogen-bond acceptors (Lipinski definition) is 3. The SMILES string of the molecule is CCCCC(=O)Nc1ccc2oc(-c3ccc(C(F)(F)F)cc3)nc2c1. The van der Waals surface area contributed by atoms with Crippen LogP contribution in [0, 0.1) is 0 Å². The zero-order chi connectivity index (χ0) is 18.7. The van der Waals surface area contributed by atoms with Gasteiger partial charge >= 0.3 is 6.18 Å². The molecule has 136 valence electrons. The third-order valence-electron chi connectivity index (χ3n) is 3.89. The summed E-state index contributed by atoms with van der Waals surface area (Å²) in [5.41, 5.74) is 1.34. The summed E-state index contributed by atoms with van der Waals surface area (Å²) in [5, 5.41) is 2.80. The summed E-state index contributed by atoms with van der Waals surface area (Å²) in [6.45, 7) is 2.01. The van der Waals surface area contributed by atoms with Gasteiger partial charge in [0, 0.05) is 17.7 Å². The second kappa shape index (κ2) is 7.19. The van der Waals surface area contributed by atoms with Gasteiger partial charge in [-0.15, -0.1) is 0 Å². The van der Waals surface area contributed by atoms with Crippen molar-refractivity contribution >= 4 is 22.7 Å². The van der Waals surface area contributed by atoms with Gasteiger partial charge in [-0.25, -0.2) is 4.98 Å². The first kappa shape index (κ1) is 18.0. The van der Waals surface area contributed by atoms with Crippen LogP contribution in [-0.4, -0.2) is 10.9 Å². The van der Waals surface area contributed by atoms with Gasteiger partial charge < -0.3 is 9.73 Å².